The molecule has 4 heteroatoms. The molecule has 0 atom stereocenters. The molecule has 1 saturated carbocycles. The van der Waals surface area contributed by atoms with E-state index in [2.05, 4.69) is 5.32 Å². The molecule has 1 aliphatic rings. The van der Waals surface area contributed by atoms with Gasteiger partial charge in [0.25, 0.3) is 0 Å². The van der Waals surface area contributed by atoms with Crippen molar-refractivity contribution in [1.29, 1.82) is 0 Å². The summed E-state index contributed by atoms with van der Waals surface area (Å²) in [7, 11) is 1.63. The Balaban J connectivity index is 1.93. The normalized spacial score (nSPS) is 17.5. The quantitative estimate of drug-likeness (QED) is 0.869. The number of rotatable bonds is 5. The van der Waals surface area contributed by atoms with E-state index in [1.54, 1.807) is 7.11 Å². The minimum atomic E-state index is 0.00873. The zero-order valence-corrected chi connectivity index (χ0v) is 12.2. The lowest BCUT2D eigenvalue weighted by molar-refractivity contribution is -0.118. The van der Waals surface area contributed by atoms with Crippen LogP contribution in [0, 0.1) is 5.41 Å². The molecule has 0 saturated heterocycles. The monoisotopic (exact) mass is 276 g/mol. The number of benzene rings is 1. The first-order valence-corrected chi connectivity index (χ1v) is 7.31. The largest absolute Gasteiger partial charge is 0.497 e. The highest BCUT2D eigenvalue weighted by atomic mass is 16.5. The average molecular weight is 276 g/mol. The summed E-state index contributed by atoms with van der Waals surface area (Å²) in [5.41, 5.74) is 6.73. The van der Waals surface area contributed by atoms with Gasteiger partial charge in [0, 0.05) is 12.1 Å². The van der Waals surface area contributed by atoms with Crippen molar-refractivity contribution in [3.63, 3.8) is 0 Å². The van der Waals surface area contributed by atoms with Crippen LogP contribution >= 0.6 is 0 Å². The van der Waals surface area contributed by atoms with E-state index in [1.165, 1.54) is 19.3 Å². The van der Waals surface area contributed by atoms with Gasteiger partial charge in [0.2, 0.25) is 5.91 Å². The Labute approximate surface area is 120 Å². The van der Waals surface area contributed by atoms with Crippen LogP contribution in [0.5, 0.6) is 5.75 Å². The number of amides is 1. The van der Waals surface area contributed by atoms with Gasteiger partial charge in [0.1, 0.15) is 5.75 Å². The fourth-order valence-corrected chi connectivity index (χ4v) is 2.97. The first-order chi connectivity index (χ1) is 9.67. The molecule has 0 spiro atoms. The Kier molecular flexibility index (Phi) is 5.01. The lowest BCUT2D eigenvalue weighted by Gasteiger charge is -2.35. The molecule has 0 aliphatic heterocycles. The van der Waals surface area contributed by atoms with Crippen molar-refractivity contribution in [2.45, 2.75) is 38.5 Å². The highest BCUT2D eigenvalue weighted by molar-refractivity contribution is 5.91. The number of carbonyl (C=O) groups is 1. The molecule has 1 amide bonds. The van der Waals surface area contributed by atoms with Crippen LogP contribution in [-0.4, -0.2) is 19.6 Å². The van der Waals surface area contributed by atoms with Crippen LogP contribution in [0.15, 0.2) is 24.3 Å². The highest BCUT2D eigenvalue weighted by Crippen LogP contribution is 2.38. The Bertz CT molecular complexity index is 436. The van der Waals surface area contributed by atoms with Gasteiger partial charge in [-0.1, -0.05) is 19.3 Å². The van der Waals surface area contributed by atoms with E-state index in [0.717, 1.165) is 24.3 Å². The molecule has 20 heavy (non-hydrogen) atoms. The molecule has 0 bridgehead atoms. The fraction of sp³-hybridized carbons (Fsp3) is 0.562. The van der Waals surface area contributed by atoms with Crippen molar-refractivity contribution in [1.82, 2.24) is 0 Å². The van der Waals surface area contributed by atoms with Crippen molar-refractivity contribution < 1.29 is 9.53 Å². The van der Waals surface area contributed by atoms with E-state index >= 15 is 0 Å². The molecule has 4 nitrogen and oxygen atoms in total. The molecule has 2 rings (SSSR count). The lowest BCUT2D eigenvalue weighted by Crippen LogP contribution is -2.36. The lowest BCUT2D eigenvalue weighted by atomic mass is 9.71. The zero-order valence-electron chi connectivity index (χ0n) is 12.2. The molecule has 1 aromatic carbocycles. The standard InChI is InChI=1S/C16H24N2O2/c1-20-14-7-5-13(6-8-14)18-15(19)11-16(12-17)9-3-2-4-10-16/h5-8H,2-4,9-12,17H2,1H3,(H,18,19). The van der Waals surface area contributed by atoms with E-state index in [0.29, 0.717) is 13.0 Å². The highest BCUT2D eigenvalue weighted by Gasteiger charge is 2.32. The van der Waals surface area contributed by atoms with Gasteiger partial charge in [0.05, 0.1) is 7.11 Å². The number of nitrogens with one attached hydrogen (secondary N) is 1. The number of nitrogens with two attached hydrogens (primary N) is 1. The Morgan fingerprint density at radius 3 is 2.45 bits per heavy atom. The van der Waals surface area contributed by atoms with Crippen molar-refractivity contribution >= 4 is 11.6 Å². The first-order valence-electron chi connectivity index (χ1n) is 7.31. The summed E-state index contributed by atoms with van der Waals surface area (Å²) in [5.74, 6) is 0.844. The van der Waals surface area contributed by atoms with Crippen LogP contribution in [0.4, 0.5) is 5.69 Å². The molecule has 0 unspecified atom stereocenters. The number of hydrogen-bond acceptors (Lipinski definition) is 3. The Hall–Kier alpha value is -1.55. The number of hydrogen-bond donors (Lipinski definition) is 2. The molecule has 1 fully saturated rings. The summed E-state index contributed by atoms with van der Waals surface area (Å²) in [6.07, 6.45) is 6.30. The first kappa shape index (κ1) is 14.9. The molecule has 0 radical (unpaired) electrons. The predicted octanol–water partition coefficient (Wildman–Crippen LogP) is 2.93. The molecular formula is C16H24N2O2. The Morgan fingerprint density at radius 2 is 1.90 bits per heavy atom. The maximum Gasteiger partial charge on any atom is 0.224 e. The molecule has 0 heterocycles. The molecule has 1 aliphatic carbocycles. The minimum absolute atomic E-state index is 0.00873. The summed E-state index contributed by atoms with van der Waals surface area (Å²) >= 11 is 0. The van der Waals surface area contributed by atoms with Crippen LogP contribution < -0.4 is 15.8 Å². The van der Waals surface area contributed by atoms with Crippen molar-refractivity contribution in [3.05, 3.63) is 24.3 Å². The molecule has 110 valence electrons. The van der Waals surface area contributed by atoms with Crippen LogP contribution in [0.3, 0.4) is 0 Å². The van der Waals surface area contributed by atoms with E-state index in [1.807, 2.05) is 24.3 Å². The van der Waals surface area contributed by atoms with Gasteiger partial charge < -0.3 is 15.8 Å². The third kappa shape index (κ3) is 3.73. The number of anilines is 1. The molecule has 3 N–H and O–H groups in total. The number of ether oxygens (including phenoxy) is 1. The van der Waals surface area contributed by atoms with Crippen molar-refractivity contribution in [3.8, 4) is 5.75 Å². The molecule has 0 aromatic heterocycles. The summed E-state index contributed by atoms with van der Waals surface area (Å²) < 4.78 is 5.10. The summed E-state index contributed by atoms with van der Waals surface area (Å²) in [6.45, 7) is 0.600. The minimum Gasteiger partial charge on any atom is -0.497 e. The number of carbonyl (C=O) groups excluding carboxylic acids is 1. The van der Waals surface area contributed by atoms with Crippen molar-refractivity contribution in [2.24, 2.45) is 11.1 Å². The van der Waals surface area contributed by atoms with Crippen LogP contribution in [0.1, 0.15) is 38.5 Å². The second-order valence-electron chi connectivity index (χ2n) is 5.72. The molecule has 1 aromatic rings. The zero-order chi connectivity index (χ0) is 14.4. The van der Waals surface area contributed by atoms with Crippen molar-refractivity contribution in [2.75, 3.05) is 19.0 Å². The van der Waals surface area contributed by atoms with Gasteiger partial charge in [-0.2, -0.15) is 0 Å². The van der Waals surface area contributed by atoms with Gasteiger partial charge in [-0.05, 0) is 49.1 Å². The summed E-state index contributed by atoms with van der Waals surface area (Å²) in [5, 5.41) is 2.95. The van der Waals surface area contributed by atoms with E-state index in [-0.39, 0.29) is 11.3 Å². The van der Waals surface area contributed by atoms with Crippen LogP contribution in [0.2, 0.25) is 0 Å². The SMILES string of the molecule is COc1ccc(NC(=O)CC2(CN)CCCCC2)cc1. The van der Waals surface area contributed by atoms with Crippen LogP contribution in [0.25, 0.3) is 0 Å². The predicted molar refractivity (Wildman–Crippen MR) is 80.8 cm³/mol. The van der Waals surface area contributed by atoms with Gasteiger partial charge in [-0.25, -0.2) is 0 Å². The maximum atomic E-state index is 12.2. The average Bonchev–Trinajstić information content (AvgIpc) is 2.49. The van der Waals surface area contributed by atoms with E-state index in [9.17, 15) is 4.79 Å². The van der Waals surface area contributed by atoms with Gasteiger partial charge in [-0.3, -0.25) is 4.79 Å². The molecular weight excluding hydrogens is 252 g/mol. The van der Waals surface area contributed by atoms with Crippen LogP contribution in [-0.2, 0) is 4.79 Å². The second kappa shape index (κ2) is 6.75. The summed E-state index contributed by atoms with van der Waals surface area (Å²) in [6, 6.07) is 7.39. The van der Waals surface area contributed by atoms with Gasteiger partial charge in [-0.15, -0.1) is 0 Å². The number of methoxy groups -OCH3 is 1. The third-order valence-corrected chi connectivity index (χ3v) is 4.26. The van der Waals surface area contributed by atoms with Gasteiger partial charge in [0.15, 0.2) is 0 Å². The summed E-state index contributed by atoms with van der Waals surface area (Å²) in [4.78, 5) is 12.2. The smallest absolute Gasteiger partial charge is 0.224 e. The van der Waals surface area contributed by atoms with E-state index in [4.69, 9.17) is 10.5 Å². The van der Waals surface area contributed by atoms with Gasteiger partial charge >= 0.3 is 0 Å². The Morgan fingerprint density at radius 1 is 1.25 bits per heavy atom. The fourth-order valence-electron chi connectivity index (χ4n) is 2.97. The second-order valence-corrected chi connectivity index (χ2v) is 5.72. The topological polar surface area (TPSA) is 64.3 Å². The van der Waals surface area contributed by atoms with E-state index < -0.39 is 0 Å². The maximum absolute atomic E-state index is 12.2. The third-order valence-electron chi connectivity index (χ3n) is 4.26.